The van der Waals surface area contributed by atoms with Crippen LogP contribution in [0.2, 0.25) is 0 Å². The number of nitrogens with zero attached hydrogens (tertiary/aromatic N) is 1. The van der Waals surface area contributed by atoms with Gasteiger partial charge in [0, 0.05) is 13.0 Å². The molecule has 0 spiro atoms. The van der Waals surface area contributed by atoms with Gasteiger partial charge in [0.25, 0.3) is 6.43 Å². The zero-order chi connectivity index (χ0) is 10.0. The second-order valence-corrected chi connectivity index (χ2v) is 2.84. The molecule has 1 amide bonds. The van der Waals surface area contributed by atoms with Crippen molar-refractivity contribution in [2.24, 2.45) is 0 Å². The molecule has 2 unspecified atom stereocenters. The minimum Gasteiger partial charge on any atom is -0.310 e. The molecular weight excluding hydrogens is 190 g/mol. The van der Waals surface area contributed by atoms with E-state index in [0.717, 1.165) is 0 Å². The maximum Gasteiger partial charge on any atom is 0.274 e. The van der Waals surface area contributed by atoms with Crippen molar-refractivity contribution in [2.75, 3.05) is 6.54 Å². The summed E-state index contributed by atoms with van der Waals surface area (Å²) in [5.41, 5.74) is 0. The molecule has 76 valence electrons. The Morgan fingerprint density at radius 2 is 1.85 bits per heavy atom. The summed E-state index contributed by atoms with van der Waals surface area (Å²) in [6.45, 7) is 0.0210. The van der Waals surface area contributed by atoms with Crippen LogP contribution in [0.5, 0.6) is 0 Å². The highest BCUT2D eigenvalue weighted by Gasteiger charge is 2.38. The van der Waals surface area contributed by atoms with E-state index in [1.54, 1.807) is 0 Å². The highest BCUT2D eigenvalue weighted by molar-refractivity contribution is 5.78. The maximum atomic E-state index is 12.9. The molecule has 0 aromatic heterocycles. The quantitative estimate of drug-likeness (QED) is 0.498. The molecular formula is C7H9F4NO. The van der Waals surface area contributed by atoms with Crippen molar-refractivity contribution in [1.82, 2.24) is 4.90 Å². The summed E-state index contributed by atoms with van der Waals surface area (Å²) in [4.78, 5) is 11.3. The Labute approximate surface area is 72.5 Å². The van der Waals surface area contributed by atoms with E-state index in [-0.39, 0.29) is 13.0 Å². The van der Waals surface area contributed by atoms with Crippen molar-refractivity contribution in [3.8, 4) is 0 Å². The molecule has 0 aromatic carbocycles. The van der Waals surface area contributed by atoms with Crippen LogP contribution in [0.4, 0.5) is 17.6 Å². The van der Waals surface area contributed by atoms with Crippen molar-refractivity contribution in [1.29, 1.82) is 0 Å². The molecule has 6 heteroatoms. The number of rotatable bonds is 3. The van der Waals surface area contributed by atoms with E-state index in [2.05, 4.69) is 0 Å². The average molecular weight is 199 g/mol. The van der Waals surface area contributed by atoms with E-state index in [0.29, 0.717) is 11.3 Å². The zero-order valence-corrected chi connectivity index (χ0v) is 6.72. The van der Waals surface area contributed by atoms with Gasteiger partial charge in [-0.05, 0) is 6.42 Å². The molecule has 2 nitrogen and oxygen atoms in total. The van der Waals surface area contributed by atoms with Crippen molar-refractivity contribution in [3.63, 3.8) is 0 Å². The van der Waals surface area contributed by atoms with E-state index < -0.39 is 24.8 Å². The number of halogens is 4. The standard InChI is InChI=1S/C7H9F4NO/c8-5(6(9)10)7(11)12-3-1-2-4(12)13/h5-7H,1-3H2. The predicted octanol–water partition coefficient (Wildman–Crippen LogP) is 1.51. The van der Waals surface area contributed by atoms with E-state index in [9.17, 15) is 22.4 Å². The fraction of sp³-hybridized carbons (Fsp3) is 0.857. The smallest absolute Gasteiger partial charge is 0.274 e. The van der Waals surface area contributed by atoms with E-state index in [4.69, 9.17) is 0 Å². The summed E-state index contributed by atoms with van der Waals surface area (Å²) in [5, 5.41) is 0. The van der Waals surface area contributed by atoms with Crippen molar-refractivity contribution in [3.05, 3.63) is 0 Å². The summed E-state index contributed by atoms with van der Waals surface area (Å²) in [6, 6.07) is 0. The highest BCUT2D eigenvalue weighted by atomic mass is 19.3. The van der Waals surface area contributed by atoms with Crippen LogP contribution in [0.15, 0.2) is 0 Å². The maximum absolute atomic E-state index is 12.9. The van der Waals surface area contributed by atoms with Crippen LogP contribution in [-0.4, -0.2) is 36.2 Å². The summed E-state index contributed by atoms with van der Waals surface area (Å²) in [5.74, 6) is -0.601. The number of likely N-dealkylation sites (tertiary alicyclic amines) is 1. The first-order chi connectivity index (χ1) is 6.04. The second-order valence-electron chi connectivity index (χ2n) is 2.84. The van der Waals surface area contributed by atoms with Gasteiger partial charge >= 0.3 is 0 Å². The van der Waals surface area contributed by atoms with Crippen LogP contribution in [0.3, 0.4) is 0 Å². The highest BCUT2D eigenvalue weighted by Crippen LogP contribution is 2.21. The van der Waals surface area contributed by atoms with Gasteiger partial charge < -0.3 is 4.90 Å². The van der Waals surface area contributed by atoms with Crippen LogP contribution in [0, 0.1) is 0 Å². The Bertz CT molecular complexity index is 199. The molecule has 1 aliphatic rings. The fourth-order valence-electron chi connectivity index (χ4n) is 1.22. The molecule has 1 heterocycles. The Kier molecular flexibility index (Phi) is 3.11. The van der Waals surface area contributed by atoms with Crippen molar-refractivity contribution in [2.45, 2.75) is 31.7 Å². The van der Waals surface area contributed by atoms with Gasteiger partial charge in [0.15, 0.2) is 0 Å². The average Bonchev–Trinajstić information content (AvgIpc) is 2.48. The first-order valence-electron chi connectivity index (χ1n) is 3.90. The van der Waals surface area contributed by atoms with Gasteiger partial charge in [-0.2, -0.15) is 0 Å². The first kappa shape index (κ1) is 10.3. The molecule has 13 heavy (non-hydrogen) atoms. The summed E-state index contributed by atoms with van der Waals surface area (Å²) >= 11 is 0. The lowest BCUT2D eigenvalue weighted by molar-refractivity contribution is -0.138. The molecule has 0 bridgehead atoms. The molecule has 0 radical (unpaired) electrons. The second kappa shape index (κ2) is 3.93. The molecule has 1 saturated heterocycles. The topological polar surface area (TPSA) is 20.3 Å². The van der Waals surface area contributed by atoms with Crippen molar-refractivity contribution >= 4 is 5.91 Å². The number of hydrogen-bond donors (Lipinski definition) is 0. The minimum absolute atomic E-state index is 0.0210. The van der Waals surface area contributed by atoms with Gasteiger partial charge in [0.1, 0.15) is 0 Å². The van der Waals surface area contributed by atoms with E-state index in [1.165, 1.54) is 0 Å². The summed E-state index contributed by atoms with van der Waals surface area (Å²) in [6.07, 6.45) is -8.29. The largest absolute Gasteiger partial charge is 0.310 e. The lowest BCUT2D eigenvalue weighted by atomic mass is 10.3. The SMILES string of the molecule is O=C1CCCN1C(F)C(F)C(F)F. The fourth-order valence-corrected chi connectivity index (χ4v) is 1.22. The molecule has 0 N–H and O–H groups in total. The molecule has 1 rings (SSSR count). The first-order valence-corrected chi connectivity index (χ1v) is 3.90. The molecule has 1 aliphatic heterocycles. The lowest BCUT2D eigenvalue weighted by Gasteiger charge is -2.22. The molecule has 1 fully saturated rings. The number of carbonyl (C=O) groups is 1. The minimum atomic E-state index is -3.39. The lowest BCUT2D eigenvalue weighted by Crippen LogP contribution is -2.42. The van der Waals surface area contributed by atoms with E-state index >= 15 is 0 Å². The van der Waals surface area contributed by atoms with Crippen LogP contribution in [0.25, 0.3) is 0 Å². The van der Waals surface area contributed by atoms with Crippen molar-refractivity contribution < 1.29 is 22.4 Å². The third-order valence-electron chi connectivity index (χ3n) is 1.91. The third-order valence-corrected chi connectivity index (χ3v) is 1.91. The number of carbonyl (C=O) groups excluding carboxylic acids is 1. The zero-order valence-electron chi connectivity index (χ0n) is 6.72. The molecule has 0 aliphatic carbocycles. The monoisotopic (exact) mass is 199 g/mol. The van der Waals surface area contributed by atoms with Gasteiger partial charge in [-0.1, -0.05) is 0 Å². The summed E-state index contributed by atoms with van der Waals surface area (Å²) in [7, 11) is 0. The van der Waals surface area contributed by atoms with Gasteiger partial charge in [0.2, 0.25) is 18.4 Å². The van der Waals surface area contributed by atoms with Crippen LogP contribution in [0.1, 0.15) is 12.8 Å². The number of amides is 1. The van der Waals surface area contributed by atoms with Crippen LogP contribution < -0.4 is 0 Å². The summed E-state index contributed by atoms with van der Waals surface area (Å²) < 4.78 is 48.7. The van der Waals surface area contributed by atoms with E-state index in [1.807, 2.05) is 0 Å². The predicted molar refractivity (Wildman–Crippen MR) is 36.7 cm³/mol. The van der Waals surface area contributed by atoms with Crippen LogP contribution in [-0.2, 0) is 4.79 Å². The molecule has 2 atom stereocenters. The number of alkyl halides is 4. The normalized spacial score (nSPS) is 22.5. The van der Waals surface area contributed by atoms with Crippen LogP contribution >= 0.6 is 0 Å². The Balaban J connectivity index is 2.55. The Hall–Kier alpha value is -0.810. The number of hydrogen-bond acceptors (Lipinski definition) is 1. The van der Waals surface area contributed by atoms with Gasteiger partial charge in [0.05, 0.1) is 0 Å². The molecule has 0 saturated carbocycles. The Morgan fingerprint density at radius 1 is 1.23 bits per heavy atom. The van der Waals surface area contributed by atoms with Gasteiger partial charge in [-0.25, -0.2) is 17.6 Å². The third kappa shape index (κ3) is 2.10. The van der Waals surface area contributed by atoms with Gasteiger partial charge in [-0.3, -0.25) is 4.79 Å². The van der Waals surface area contributed by atoms with Gasteiger partial charge in [-0.15, -0.1) is 0 Å². The molecule has 0 aromatic rings. The Morgan fingerprint density at radius 3 is 2.23 bits per heavy atom.